The molecule has 0 radical (unpaired) electrons. The Morgan fingerprint density at radius 3 is 2.64 bits per heavy atom. The topological polar surface area (TPSA) is 37.4 Å². The second kappa shape index (κ2) is 8.36. The van der Waals surface area contributed by atoms with Gasteiger partial charge in [-0.2, -0.15) is 0 Å². The molecule has 0 bridgehead atoms. The summed E-state index contributed by atoms with van der Waals surface area (Å²) in [4.78, 5) is 7.45. The zero-order valence-electron chi connectivity index (χ0n) is 17.3. The maximum atomic E-state index is 6.15. The highest BCUT2D eigenvalue weighted by atomic mass is 16.5. The molecule has 0 saturated carbocycles. The van der Waals surface area contributed by atoms with Crippen LogP contribution in [0, 0.1) is 6.92 Å². The fourth-order valence-electron chi connectivity index (χ4n) is 4.10. The molecule has 0 atom stereocenters. The van der Waals surface area contributed by atoms with Gasteiger partial charge in [0.1, 0.15) is 5.75 Å². The van der Waals surface area contributed by atoms with Crippen molar-refractivity contribution in [3.05, 3.63) is 42.0 Å². The number of aryl methyl sites for hydroxylation is 1. The Bertz CT molecular complexity index is 961. The quantitative estimate of drug-likeness (QED) is 0.443. The highest BCUT2D eigenvalue weighted by Crippen LogP contribution is 2.35. The summed E-state index contributed by atoms with van der Waals surface area (Å²) in [6.07, 6.45) is 3.76. The highest BCUT2D eigenvalue weighted by molar-refractivity contribution is 6.08. The van der Waals surface area contributed by atoms with Gasteiger partial charge in [-0.15, -0.1) is 0 Å². The van der Waals surface area contributed by atoms with Crippen molar-refractivity contribution < 1.29 is 4.74 Å². The average Bonchev–Trinajstić information content (AvgIpc) is 3.19. The number of pyridine rings is 1. The molecule has 4 nitrogen and oxygen atoms in total. The van der Waals surface area contributed by atoms with E-state index in [1.54, 1.807) is 0 Å². The number of aromatic nitrogens is 1. The lowest BCUT2D eigenvalue weighted by Gasteiger charge is -2.18. The Kier molecular flexibility index (Phi) is 5.67. The number of nitrogens with one attached hydrogen (secondary N) is 1. The summed E-state index contributed by atoms with van der Waals surface area (Å²) in [6.45, 7) is 10.9. The van der Waals surface area contributed by atoms with Crippen molar-refractivity contribution in [2.45, 2.75) is 46.1 Å². The van der Waals surface area contributed by atoms with E-state index in [1.807, 2.05) is 6.07 Å². The lowest BCUT2D eigenvalue weighted by atomic mass is 10.0. The number of rotatable bonds is 7. The first kappa shape index (κ1) is 19.0. The van der Waals surface area contributed by atoms with Crippen molar-refractivity contribution in [1.29, 1.82) is 0 Å². The number of likely N-dealkylation sites (tertiary alicyclic amines) is 1. The first-order valence-electron chi connectivity index (χ1n) is 10.6. The normalized spacial score (nSPS) is 15.0. The molecule has 1 fully saturated rings. The van der Waals surface area contributed by atoms with Crippen LogP contribution in [0.3, 0.4) is 0 Å². The van der Waals surface area contributed by atoms with Gasteiger partial charge in [0.2, 0.25) is 0 Å². The van der Waals surface area contributed by atoms with Gasteiger partial charge in [-0.3, -0.25) is 0 Å². The van der Waals surface area contributed by atoms with Crippen molar-refractivity contribution in [1.82, 2.24) is 9.88 Å². The van der Waals surface area contributed by atoms with Gasteiger partial charge < -0.3 is 15.0 Å². The molecule has 1 aliphatic rings. The predicted octanol–water partition coefficient (Wildman–Crippen LogP) is 5.38. The lowest BCUT2D eigenvalue weighted by molar-refractivity contribution is 0.262. The van der Waals surface area contributed by atoms with E-state index >= 15 is 0 Å². The molecule has 0 aliphatic carbocycles. The Morgan fingerprint density at radius 1 is 1.07 bits per heavy atom. The average molecular weight is 378 g/mol. The summed E-state index contributed by atoms with van der Waals surface area (Å²) in [7, 11) is 0. The number of nitrogens with zero attached hydrogens (tertiary/aromatic N) is 2. The maximum Gasteiger partial charge on any atom is 0.124 e. The minimum absolute atomic E-state index is 0.357. The van der Waals surface area contributed by atoms with Gasteiger partial charge in [0.25, 0.3) is 0 Å². The fraction of sp³-hybridized carbons (Fsp3) is 0.458. The van der Waals surface area contributed by atoms with Crippen LogP contribution in [-0.2, 0) is 0 Å². The molecular formula is C24H31N3O. The Balaban J connectivity index is 1.60. The number of fused-ring (bicyclic) bond motifs is 2. The molecule has 0 unspecified atom stereocenters. The van der Waals surface area contributed by atoms with Crippen molar-refractivity contribution >= 4 is 27.5 Å². The van der Waals surface area contributed by atoms with Crippen molar-refractivity contribution in [3.63, 3.8) is 0 Å². The molecule has 1 saturated heterocycles. The molecule has 0 spiro atoms. The predicted molar refractivity (Wildman–Crippen MR) is 119 cm³/mol. The zero-order chi connectivity index (χ0) is 19.5. The summed E-state index contributed by atoms with van der Waals surface area (Å²) in [5.41, 5.74) is 4.33. The van der Waals surface area contributed by atoms with E-state index in [9.17, 15) is 0 Å². The van der Waals surface area contributed by atoms with E-state index < -0.39 is 0 Å². The monoisotopic (exact) mass is 377 g/mol. The molecule has 2 heterocycles. The summed E-state index contributed by atoms with van der Waals surface area (Å²) >= 11 is 0. The first-order chi connectivity index (χ1) is 13.6. The molecule has 1 N–H and O–H groups in total. The summed E-state index contributed by atoms with van der Waals surface area (Å²) < 4.78 is 6.15. The largest absolute Gasteiger partial charge is 0.493 e. The second-order valence-electron chi connectivity index (χ2n) is 8.19. The van der Waals surface area contributed by atoms with Gasteiger partial charge >= 0.3 is 0 Å². The van der Waals surface area contributed by atoms with Gasteiger partial charge in [0.05, 0.1) is 23.3 Å². The SMILES string of the molecule is Cc1cc2c(NC(C)C)c3ccccc3nc2cc1OCCCN1CCCC1. The van der Waals surface area contributed by atoms with Gasteiger partial charge in [-0.05, 0) is 70.8 Å². The van der Waals surface area contributed by atoms with Crippen LogP contribution in [-0.4, -0.2) is 42.2 Å². The van der Waals surface area contributed by atoms with E-state index in [0.717, 1.165) is 47.3 Å². The van der Waals surface area contributed by atoms with E-state index in [-0.39, 0.29) is 0 Å². The summed E-state index contributed by atoms with van der Waals surface area (Å²) in [6, 6.07) is 13.0. The van der Waals surface area contributed by atoms with E-state index in [1.165, 1.54) is 37.0 Å². The van der Waals surface area contributed by atoms with Crippen LogP contribution in [0.25, 0.3) is 21.8 Å². The van der Waals surface area contributed by atoms with Crippen LogP contribution in [0.2, 0.25) is 0 Å². The van der Waals surface area contributed by atoms with Crippen molar-refractivity contribution in [2.75, 3.05) is 31.6 Å². The molecule has 4 rings (SSSR count). The molecule has 4 heteroatoms. The van der Waals surface area contributed by atoms with Gasteiger partial charge in [-0.1, -0.05) is 18.2 Å². The summed E-state index contributed by atoms with van der Waals surface area (Å²) in [5.74, 6) is 0.951. The summed E-state index contributed by atoms with van der Waals surface area (Å²) in [5, 5.41) is 5.96. The Labute approximate surface area is 167 Å². The van der Waals surface area contributed by atoms with Crippen LogP contribution < -0.4 is 10.1 Å². The van der Waals surface area contributed by atoms with E-state index in [2.05, 4.69) is 61.3 Å². The number of benzene rings is 2. The fourth-order valence-corrected chi connectivity index (χ4v) is 4.10. The molecule has 28 heavy (non-hydrogen) atoms. The van der Waals surface area contributed by atoms with Gasteiger partial charge in [-0.25, -0.2) is 4.98 Å². The zero-order valence-corrected chi connectivity index (χ0v) is 17.3. The molecule has 3 aromatic rings. The van der Waals surface area contributed by atoms with Crippen LogP contribution in [0.4, 0.5) is 5.69 Å². The van der Waals surface area contributed by atoms with Gasteiger partial charge in [0.15, 0.2) is 0 Å². The van der Waals surface area contributed by atoms with Crippen LogP contribution >= 0.6 is 0 Å². The number of ether oxygens (including phenoxy) is 1. The van der Waals surface area contributed by atoms with Crippen LogP contribution in [0.1, 0.15) is 38.7 Å². The molecular weight excluding hydrogens is 346 g/mol. The molecule has 148 valence electrons. The molecule has 2 aromatic carbocycles. The maximum absolute atomic E-state index is 6.15. The van der Waals surface area contributed by atoms with Crippen molar-refractivity contribution in [2.24, 2.45) is 0 Å². The molecule has 0 amide bonds. The van der Waals surface area contributed by atoms with Gasteiger partial charge in [0, 0.05) is 29.4 Å². The van der Waals surface area contributed by atoms with E-state index in [4.69, 9.17) is 9.72 Å². The van der Waals surface area contributed by atoms with E-state index in [0.29, 0.717) is 6.04 Å². The van der Waals surface area contributed by atoms with Crippen LogP contribution in [0.5, 0.6) is 5.75 Å². The Morgan fingerprint density at radius 2 is 1.86 bits per heavy atom. The third-order valence-corrected chi connectivity index (χ3v) is 5.48. The number of hydrogen-bond donors (Lipinski definition) is 1. The Hall–Kier alpha value is -2.33. The number of anilines is 1. The second-order valence-corrected chi connectivity index (χ2v) is 8.19. The smallest absolute Gasteiger partial charge is 0.124 e. The lowest BCUT2D eigenvalue weighted by Crippen LogP contribution is -2.22. The molecule has 1 aromatic heterocycles. The third kappa shape index (κ3) is 4.07. The third-order valence-electron chi connectivity index (χ3n) is 5.48. The molecule has 1 aliphatic heterocycles. The minimum atomic E-state index is 0.357. The first-order valence-corrected chi connectivity index (χ1v) is 10.6. The number of hydrogen-bond acceptors (Lipinski definition) is 4. The highest BCUT2D eigenvalue weighted by Gasteiger charge is 2.14. The standard InChI is InChI=1S/C24H31N3O/c1-17(2)25-24-19-9-4-5-10-21(19)26-22-16-23(18(3)15-20(22)24)28-14-8-13-27-11-6-7-12-27/h4-5,9-10,15-17H,6-8,11-14H2,1-3H3,(H,25,26). The number of para-hydroxylation sites is 1. The van der Waals surface area contributed by atoms with Crippen molar-refractivity contribution in [3.8, 4) is 5.75 Å². The van der Waals surface area contributed by atoms with Crippen LogP contribution in [0.15, 0.2) is 36.4 Å². The minimum Gasteiger partial charge on any atom is -0.493 e.